The fourth-order valence-corrected chi connectivity index (χ4v) is 3.23. The first kappa shape index (κ1) is 16.4. The Morgan fingerprint density at radius 2 is 1.81 bits per heavy atom. The van der Waals surface area contributed by atoms with Gasteiger partial charge in [0.15, 0.2) is 0 Å². The van der Waals surface area contributed by atoms with Crippen molar-refractivity contribution in [2.45, 2.75) is 77.4 Å². The molecule has 1 aromatic carbocycles. The van der Waals surface area contributed by atoms with Gasteiger partial charge in [0, 0.05) is 6.04 Å². The Morgan fingerprint density at radius 1 is 1.05 bits per heavy atom. The molecule has 21 heavy (non-hydrogen) atoms. The van der Waals surface area contributed by atoms with Gasteiger partial charge in [-0.05, 0) is 50.3 Å². The summed E-state index contributed by atoms with van der Waals surface area (Å²) in [5, 5.41) is 3.72. The maximum atomic E-state index is 6.46. The maximum absolute atomic E-state index is 6.46. The molecule has 0 aliphatic heterocycles. The summed E-state index contributed by atoms with van der Waals surface area (Å²) in [6.07, 6.45) is 10.3. The third-order valence-corrected chi connectivity index (χ3v) is 4.49. The van der Waals surface area contributed by atoms with Crippen LogP contribution in [-0.2, 0) is 6.42 Å². The highest BCUT2D eigenvalue weighted by Crippen LogP contribution is 2.25. The lowest BCUT2D eigenvalue weighted by Gasteiger charge is -2.31. The van der Waals surface area contributed by atoms with Gasteiger partial charge in [0.05, 0.1) is 0 Å². The van der Waals surface area contributed by atoms with E-state index in [1.165, 1.54) is 50.5 Å². The van der Waals surface area contributed by atoms with Crippen molar-refractivity contribution in [1.29, 1.82) is 0 Å². The fraction of sp³-hybridized carbons (Fsp3) is 0.684. The van der Waals surface area contributed by atoms with Crippen molar-refractivity contribution in [1.82, 2.24) is 5.32 Å². The Kier molecular flexibility index (Phi) is 7.08. The molecule has 2 unspecified atom stereocenters. The molecule has 0 saturated heterocycles. The van der Waals surface area contributed by atoms with Gasteiger partial charge in [-0.25, -0.2) is 0 Å². The molecular weight excluding hydrogens is 258 g/mol. The molecule has 1 saturated carbocycles. The van der Waals surface area contributed by atoms with E-state index in [1.54, 1.807) is 0 Å². The third kappa shape index (κ3) is 5.03. The van der Waals surface area contributed by atoms with Crippen molar-refractivity contribution < 1.29 is 4.74 Å². The highest BCUT2D eigenvalue weighted by Gasteiger charge is 2.24. The predicted molar refractivity (Wildman–Crippen MR) is 90.0 cm³/mol. The molecule has 2 rings (SSSR count). The second kappa shape index (κ2) is 9.09. The van der Waals surface area contributed by atoms with Gasteiger partial charge in [-0.15, -0.1) is 0 Å². The average molecular weight is 289 g/mol. The highest BCUT2D eigenvalue weighted by molar-refractivity contribution is 5.33. The number of rotatable bonds is 6. The molecular formula is C19H31NO. The van der Waals surface area contributed by atoms with Crippen LogP contribution in [0.3, 0.4) is 0 Å². The first-order valence-electron chi connectivity index (χ1n) is 8.83. The minimum absolute atomic E-state index is 0.324. The van der Waals surface area contributed by atoms with Gasteiger partial charge >= 0.3 is 0 Å². The van der Waals surface area contributed by atoms with Gasteiger partial charge in [-0.1, -0.05) is 51.3 Å². The smallest absolute Gasteiger partial charge is 0.122 e. The lowest BCUT2D eigenvalue weighted by molar-refractivity contribution is 0.126. The molecule has 2 heteroatoms. The summed E-state index contributed by atoms with van der Waals surface area (Å²) in [7, 11) is 0. The molecule has 2 nitrogen and oxygen atoms in total. The van der Waals surface area contributed by atoms with Crippen LogP contribution in [0.1, 0.15) is 64.4 Å². The van der Waals surface area contributed by atoms with Crippen LogP contribution in [-0.4, -0.2) is 18.7 Å². The Bertz CT molecular complexity index is 402. The molecule has 118 valence electrons. The summed E-state index contributed by atoms with van der Waals surface area (Å²) in [6, 6.07) is 9.03. The van der Waals surface area contributed by atoms with Crippen molar-refractivity contribution in [2.75, 3.05) is 6.54 Å². The molecule has 0 aromatic heterocycles. The Balaban J connectivity index is 2.07. The van der Waals surface area contributed by atoms with E-state index in [-0.39, 0.29) is 0 Å². The van der Waals surface area contributed by atoms with Crippen LogP contribution in [0.25, 0.3) is 0 Å². The Hall–Kier alpha value is -1.02. The van der Waals surface area contributed by atoms with E-state index in [9.17, 15) is 0 Å². The van der Waals surface area contributed by atoms with Gasteiger partial charge < -0.3 is 10.1 Å². The van der Waals surface area contributed by atoms with Crippen LogP contribution in [0.15, 0.2) is 24.3 Å². The fourth-order valence-electron chi connectivity index (χ4n) is 3.23. The average Bonchev–Trinajstić information content (AvgIpc) is 2.50. The quantitative estimate of drug-likeness (QED) is 0.818. The molecule has 0 spiro atoms. The number of hydrogen-bond donors (Lipinski definition) is 1. The van der Waals surface area contributed by atoms with Gasteiger partial charge in [-0.3, -0.25) is 0 Å². The van der Waals surface area contributed by atoms with Gasteiger partial charge in [0.2, 0.25) is 0 Å². The first-order chi connectivity index (χ1) is 10.3. The van der Waals surface area contributed by atoms with Crippen LogP contribution < -0.4 is 10.1 Å². The predicted octanol–water partition coefficient (Wildman–Crippen LogP) is 4.72. The normalized spacial score (nSPS) is 23.3. The zero-order valence-corrected chi connectivity index (χ0v) is 13.7. The number of benzene rings is 1. The van der Waals surface area contributed by atoms with Crippen LogP contribution in [0, 0.1) is 0 Å². The largest absolute Gasteiger partial charge is 0.489 e. The molecule has 0 radical (unpaired) electrons. The minimum atomic E-state index is 0.324. The first-order valence-corrected chi connectivity index (χ1v) is 8.83. The molecule has 1 aromatic rings. The summed E-state index contributed by atoms with van der Waals surface area (Å²) in [5.41, 5.74) is 1.33. The molecule has 1 aliphatic carbocycles. The van der Waals surface area contributed by atoms with Crippen molar-refractivity contribution >= 4 is 0 Å². The number of ether oxygens (including phenoxy) is 1. The van der Waals surface area contributed by atoms with Crippen molar-refractivity contribution in [2.24, 2.45) is 0 Å². The number of para-hydroxylation sites is 1. The van der Waals surface area contributed by atoms with Crippen molar-refractivity contribution in [3.05, 3.63) is 29.8 Å². The Morgan fingerprint density at radius 3 is 2.57 bits per heavy atom. The van der Waals surface area contributed by atoms with E-state index in [1.807, 2.05) is 0 Å². The van der Waals surface area contributed by atoms with Crippen LogP contribution >= 0.6 is 0 Å². The minimum Gasteiger partial charge on any atom is -0.489 e. The summed E-state index contributed by atoms with van der Waals surface area (Å²) in [4.78, 5) is 0. The highest BCUT2D eigenvalue weighted by atomic mass is 16.5. The number of nitrogens with one attached hydrogen (secondary N) is 1. The monoisotopic (exact) mass is 289 g/mol. The van der Waals surface area contributed by atoms with Crippen LogP contribution in [0.2, 0.25) is 0 Å². The lowest BCUT2D eigenvalue weighted by Crippen LogP contribution is -2.44. The molecule has 0 heterocycles. The molecule has 1 aliphatic rings. The Labute approximate surface area is 130 Å². The van der Waals surface area contributed by atoms with Gasteiger partial charge in [0.1, 0.15) is 11.9 Å². The standard InChI is InChI=1S/C19H31NO/c1-3-15-20-17-12-7-5-6-8-14-19(17)21-18-13-10-9-11-16(18)4-2/h9-11,13,17,19-20H,3-8,12,14-15H2,1-2H3. The summed E-state index contributed by atoms with van der Waals surface area (Å²) < 4.78 is 6.46. The number of aryl methyl sites for hydroxylation is 1. The molecule has 0 amide bonds. The van der Waals surface area contributed by atoms with Gasteiger partial charge in [0.25, 0.3) is 0 Å². The van der Waals surface area contributed by atoms with Crippen molar-refractivity contribution in [3.63, 3.8) is 0 Å². The van der Waals surface area contributed by atoms with E-state index < -0.39 is 0 Å². The molecule has 1 N–H and O–H groups in total. The van der Waals surface area contributed by atoms with E-state index in [4.69, 9.17) is 4.74 Å². The molecule has 1 fully saturated rings. The molecule has 0 bridgehead atoms. The van der Waals surface area contributed by atoms with Crippen molar-refractivity contribution in [3.8, 4) is 5.75 Å². The van der Waals surface area contributed by atoms with Gasteiger partial charge in [-0.2, -0.15) is 0 Å². The van der Waals surface area contributed by atoms with E-state index >= 15 is 0 Å². The van der Waals surface area contributed by atoms with Crippen LogP contribution in [0.4, 0.5) is 0 Å². The second-order valence-corrected chi connectivity index (χ2v) is 6.17. The summed E-state index contributed by atoms with van der Waals surface area (Å²) in [6.45, 7) is 5.53. The van der Waals surface area contributed by atoms with E-state index in [2.05, 4.69) is 43.4 Å². The maximum Gasteiger partial charge on any atom is 0.122 e. The second-order valence-electron chi connectivity index (χ2n) is 6.17. The number of hydrogen-bond acceptors (Lipinski definition) is 2. The molecule has 2 atom stereocenters. The zero-order valence-electron chi connectivity index (χ0n) is 13.7. The topological polar surface area (TPSA) is 21.3 Å². The lowest BCUT2D eigenvalue weighted by atomic mass is 9.94. The third-order valence-electron chi connectivity index (χ3n) is 4.49. The van der Waals surface area contributed by atoms with Crippen LogP contribution in [0.5, 0.6) is 5.75 Å². The summed E-state index contributed by atoms with van der Waals surface area (Å²) in [5.74, 6) is 1.09. The van der Waals surface area contributed by atoms with E-state index in [0.717, 1.165) is 18.7 Å². The SMILES string of the molecule is CCCNC1CCCCCCC1Oc1ccccc1CC. The summed E-state index contributed by atoms with van der Waals surface area (Å²) >= 11 is 0. The zero-order chi connectivity index (χ0) is 14.9. The van der Waals surface area contributed by atoms with E-state index in [0.29, 0.717) is 12.1 Å².